The summed E-state index contributed by atoms with van der Waals surface area (Å²) >= 11 is 1.64. The zero-order valence-corrected chi connectivity index (χ0v) is 15.1. The third-order valence-corrected chi connectivity index (χ3v) is 4.92. The van der Waals surface area contributed by atoms with Gasteiger partial charge in [0.1, 0.15) is 18.0 Å². The van der Waals surface area contributed by atoms with Gasteiger partial charge in [-0.3, -0.25) is 4.79 Å². The second kappa shape index (κ2) is 7.53. The number of hydrogen-bond donors (Lipinski definition) is 0. The summed E-state index contributed by atoms with van der Waals surface area (Å²) in [4.78, 5) is 13.9. The average molecular weight is 357 g/mol. The smallest absolute Gasteiger partial charge is 0.325 e. The first-order chi connectivity index (χ1) is 12.1. The molecule has 5 nitrogen and oxygen atoms in total. The maximum atomic E-state index is 11.7. The topological polar surface area (TPSA) is 49.7 Å². The molecule has 0 spiro atoms. The van der Waals surface area contributed by atoms with Crippen LogP contribution in [-0.4, -0.2) is 31.9 Å². The first kappa shape index (κ1) is 17.2. The average Bonchev–Trinajstić information content (AvgIpc) is 2.98. The monoisotopic (exact) mass is 357 g/mol. The highest BCUT2D eigenvalue weighted by molar-refractivity contribution is 7.99. The molecule has 1 heterocycles. The van der Waals surface area contributed by atoms with Gasteiger partial charge in [-0.15, -0.1) is 0 Å². The third-order valence-electron chi connectivity index (χ3n) is 3.87. The molecule has 0 saturated heterocycles. The maximum Gasteiger partial charge on any atom is 0.325 e. The van der Waals surface area contributed by atoms with E-state index in [1.54, 1.807) is 26.0 Å². The molecule has 0 bridgehead atoms. The van der Waals surface area contributed by atoms with E-state index in [9.17, 15) is 4.79 Å². The molecule has 0 amide bonds. The predicted molar refractivity (Wildman–Crippen MR) is 97.6 cm³/mol. The lowest BCUT2D eigenvalue weighted by Gasteiger charge is -2.05. The van der Waals surface area contributed by atoms with E-state index in [2.05, 4.69) is 0 Å². The molecular weight excluding hydrogens is 338 g/mol. The molecule has 6 heteroatoms. The van der Waals surface area contributed by atoms with E-state index in [0.717, 1.165) is 32.2 Å². The van der Waals surface area contributed by atoms with Crippen molar-refractivity contribution in [1.82, 2.24) is 4.57 Å². The van der Waals surface area contributed by atoms with Crippen LogP contribution in [0.4, 0.5) is 0 Å². The molecule has 0 aliphatic carbocycles. The Morgan fingerprint density at radius 3 is 2.32 bits per heavy atom. The van der Waals surface area contributed by atoms with Crippen LogP contribution < -0.4 is 9.47 Å². The first-order valence-electron chi connectivity index (χ1n) is 7.70. The summed E-state index contributed by atoms with van der Waals surface area (Å²) < 4.78 is 17.2. The first-order valence-corrected chi connectivity index (χ1v) is 8.52. The molecule has 0 fully saturated rings. The number of ether oxygens (including phenoxy) is 3. The van der Waals surface area contributed by atoms with Gasteiger partial charge in [-0.1, -0.05) is 11.8 Å². The van der Waals surface area contributed by atoms with Crippen LogP contribution in [0.25, 0.3) is 10.9 Å². The van der Waals surface area contributed by atoms with E-state index in [1.807, 2.05) is 53.2 Å². The molecule has 0 aliphatic rings. The van der Waals surface area contributed by atoms with Crippen LogP contribution in [-0.2, 0) is 16.1 Å². The second-order valence-corrected chi connectivity index (χ2v) is 6.47. The molecule has 0 atom stereocenters. The van der Waals surface area contributed by atoms with Crippen molar-refractivity contribution in [1.29, 1.82) is 0 Å². The molecular formula is C19H19NO4S. The quantitative estimate of drug-likeness (QED) is 0.625. The van der Waals surface area contributed by atoms with Gasteiger partial charge in [-0.25, -0.2) is 0 Å². The fraction of sp³-hybridized carbons (Fsp3) is 0.211. The standard InChI is InChI=1S/C19H19NO4S/c1-22-13-4-7-15(8-5-13)25-18-11-20(12-19(21)24-3)17-10-14(23-2)6-9-16(17)18/h4-11H,12H2,1-3H3. The minimum Gasteiger partial charge on any atom is -0.497 e. The summed E-state index contributed by atoms with van der Waals surface area (Å²) in [6, 6.07) is 13.7. The molecule has 0 aliphatic heterocycles. The zero-order valence-electron chi connectivity index (χ0n) is 14.3. The number of carbonyl (C=O) groups excluding carboxylic acids is 1. The highest BCUT2D eigenvalue weighted by atomic mass is 32.2. The lowest BCUT2D eigenvalue weighted by molar-refractivity contribution is -0.141. The number of rotatable bonds is 6. The Morgan fingerprint density at radius 2 is 1.68 bits per heavy atom. The molecule has 0 unspecified atom stereocenters. The Bertz CT molecular complexity index is 886. The van der Waals surface area contributed by atoms with E-state index in [4.69, 9.17) is 14.2 Å². The van der Waals surface area contributed by atoms with E-state index >= 15 is 0 Å². The molecule has 0 N–H and O–H groups in total. The highest BCUT2D eigenvalue weighted by Crippen LogP contribution is 2.37. The van der Waals surface area contributed by atoms with Gasteiger partial charge in [0.05, 0.1) is 26.8 Å². The van der Waals surface area contributed by atoms with Crippen LogP contribution in [0, 0.1) is 0 Å². The minimum atomic E-state index is -0.291. The molecule has 25 heavy (non-hydrogen) atoms. The fourth-order valence-corrected chi connectivity index (χ4v) is 3.54. The number of fused-ring (bicyclic) bond motifs is 1. The van der Waals surface area contributed by atoms with E-state index in [1.165, 1.54) is 7.11 Å². The van der Waals surface area contributed by atoms with Crippen molar-refractivity contribution in [3.63, 3.8) is 0 Å². The number of carbonyl (C=O) groups is 1. The molecule has 0 radical (unpaired) electrons. The molecule has 1 aromatic heterocycles. The molecule has 2 aromatic carbocycles. The maximum absolute atomic E-state index is 11.7. The van der Waals surface area contributed by atoms with E-state index in [0.29, 0.717) is 0 Å². The van der Waals surface area contributed by atoms with Crippen molar-refractivity contribution in [2.75, 3.05) is 21.3 Å². The van der Waals surface area contributed by atoms with Gasteiger partial charge in [0.2, 0.25) is 0 Å². The summed E-state index contributed by atoms with van der Waals surface area (Å²) in [6.45, 7) is 0.156. The number of aromatic nitrogens is 1. The van der Waals surface area contributed by atoms with Crippen molar-refractivity contribution < 1.29 is 19.0 Å². The second-order valence-electron chi connectivity index (χ2n) is 5.36. The summed E-state index contributed by atoms with van der Waals surface area (Å²) in [5.74, 6) is 1.28. The lowest BCUT2D eigenvalue weighted by Crippen LogP contribution is -2.10. The minimum absolute atomic E-state index is 0.156. The summed E-state index contributed by atoms with van der Waals surface area (Å²) in [5, 5.41) is 1.06. The normalized spacial score (nSPS) is 10.7. The fourth-order valence-electron chi connectivity index (χ4n) is 2.55. The summed E-state index contributed by atoms with van der Waals surface area (Å²) in [5.41, 5.74) is 0.931. The summed E-state index contributed by atoms with van der Waals surface area (Å²) in [7, 11) is 4.67. The van der Waals surface area contributed by atoms with Crippen LogP contribution in [0.5, 0.6) is 11.5 Å². The van der Waals surface area contributed by atoms with Crippen molar-refractivity contribution in [2.45, 2.75) is 16.3 Å². The Kier molecular flexibility index (Phi) is 5.19. The summed E-state index contributed by atoms with van der Waals surface area (Å²) in [6.07, 6.45) is 1.97. The van der Waals surface area contributed by atoms with Gasteiger partial charge in [-0.2, -0.15) is 0 Å². The van der Waals surface area contributed by atoms with Gasteiger partial charge < -0.3 is 18.8 Å². The predicted octanol–water partition coefficient (Wildman–Crippen LogP) is 3.98. The molecule has 3 rings (SSSR count). The number of benzene rings is 2. The van der Waals surface area contributed by atoms with Crippen LogP contribution in [0.3, 0.4) is 0 Å². The van der Waals surface area contributed by atoms with Crippen molar-refractivity contribution in [3.05, 3.63) is 48.7 Å². The van der Waals surface area contributed by atoms with Crippen molar-refractivity contribution >= 4 is 28.6 Å². The van der Waals surface area contributed by atoms with Gasteiger partial charge in [0.15, 0.2) is 0 Å². The van der Waals surface area contributed by atoms with Crippen molar-refractivity contribution in [3.8, 4) is 11.5 Å². The Balaban J connectivity index is 1.99. The number of methoxy groups -OCH3 is 3. The Morgan fingerprint density at radius 1 is 1.00 bits per heavy atom. The largest absolute Gasteiger partial charge is 0.497 e. The molecule has 3 aromatic rings. The van der Waals surface area contributed by atoms with Gasteiger partial charge >= 0.3 is 5.97 Å². The number of nitrogens with zero attached hydrogens (tertiary/aromatic N) is 1. The zero-order chi connectivity index (χ0) is 17.8. The van der Waals surface area contributed by atoms with Crippen LogP contribution in [0.15, 0.2) is 58.5 Å². The lowest BCUT2D eigenvalue weighted by atomic mass is 10.2. The van der Waals surface area contributed by atoms with Gasteiger partial charge in [-0.05, 0) is 36.4 Å². The third kappa shape index (κ3) is 3.74. The van der Waals surface area contributed by atoms with E-state index in [-0.39, 0.29) is 12.5 Å². The molecule has 130 valence electrons. The van der Waals surface area contributed by atoms with Gasteiger partial charge in [0, 0.05) is 27.4 Å². The van der Waals surface area contributed by atoms with Gasteiger partial charge in [0.25, 0.3) is 0 Å². The van der Waals surface area contributed by atoms with Crippen LogP contribution >= 0.6 is 11.8 Å². The number of esters is 1. The number of hydrogen-bond acceptors (Lipinski definition) is 5. The highest BCUT2D eigenvalue weighted by Gasteiger charge is 2.13. The molecule has 0 saturated carbocycles. The van der Waals surface area contributed by atoms with Crippen LogP contribution in [0.1, 0.15) is 0 Å². The Labute approximate surface area is 150 Å². The SMILES string of the molecule is COC(=O)Cn1cc(Sc2ccc(OC)cc2)c2ccc(OC)cc21. The van der Waals surface area contributed by atoms with Crippen LogP contribution in [0.2, 0.25) is 0 Å². The van der Waals surface area contributed by atoms with E-state index < -0.39 is 0 Å². The Hall–Kier alpha value is -2.60. The van der Waals surface area contributed by atoms with Crippen molar-refractivity contribution in [2.24, 2.45) is 0 Å².